The predicted molar refractivity (Wildman–Crippen MR) is 106 cm³/mol. The molecule has 0 saturated carbocycles. The summed E-state index contributed by atoms with van der Waals surface area (Å²) >= 11 is 4.60. The van der Waals surface area contributed by atoms with Gasteiger partial charge in [-0.25, -0.2) is 0 Å². The molecule has 0 aliphatic carbocycles. The summed E-state index contributed by atoms with van der Waals surface area (Å²) < 4.78 is 38.4. The molecule has 0 fully saturated rings. The van der Waals surface area contributed by atoms with Gasteiger partial charge in [0.2, 0.25) is 0 Å². The Morgan fingerprint density at radius 3 is 2.08 bits per heavy atom. The summed E-state index contributed by atoms with van der Waals surface area (Å²) in [5.74, 6) is 1.40. The van der Waals surface area contributed by atoms with Gasteiger partial charge in [0, 0.05) is 21.5 Å². The molecule has 0 amide bonds. The molecule has 2 aromatic carbocycles. The number of benzene rings is 2. The fourth-order valence-electron chi connectivity index (χ4n) is 1.91. The SMILES string of the molecule is O=P(O)(O)C(F)(F)c1ccc(CSCc2ccccc2)cc1Br.[NaH].[NaH]. The van der Waals surface area contributed by atoms with E-state index in [-0.39, 0.29) is 63.6 Å². The fraction of sp³-hybridized carbons (Fsp3) is 0.200. The standard InChI is InChI=1S/C15H14BrF2O3PS.2Na.2H/c16-14-8-12(10-23-9-11-4-2-1-3-5-11)6-7-13(14)15(17,18)22(19,20)21;;;;/h1-8H,9-10H2,(H2,19,20,21);;;;. The first-order valence-electron chi connectivity index (χ1n) is 6.56. The van der Waals surface area contributed by atoms with E-state index in [1.807, 2.05) is 30.3 Å². The number of halogens is 3. The molecule has 0 bridgehead atoms. The average Bonchev–Trinajstić information content (AvgIpc) is 2.47. The van der Waals surface area contributed by atoms with Gasteiger partial charge < -0.3 is 9.79 Å². The summed E-state index contributed by atoms with van der Waals surface area (Å²) in [4.78, 5) is 17.6. The van der Waals surface area contributed by atoms with Gasteiger partial charge in [-0.05, 0) is 17.2 Å². The Morgan fingerprint density at radius 2 is 1.56 bits per heavy atom. The normalized spacial score (nSPS) is 11.4. The van der Waals surface area contributed by atoms with Gasteiger partial charge in [0.1, 0.15) is 0 Å². The number of alkyl halides is 2. The first-order valence-corrected chi connectivity index (χ1v) is 10.1. The third kappa shape index (κ3) is 7.31. The Labute approximate surface area is 202 Å². The molecule has 0 radical (unpaired) electrons. The Kier molecular flexibility index (Phi) is 11.9. The maximum atomic E-state index is 13.7. The summed E-state index contributed by atoms with van der Waals surface area (Å²) in [5.41, 5.74) is -2.95. The summed E-state index contributed by atoms with van der Waals surface area (Å²) in [5, 5.41) is 0. The van der Waals surface area contributed by atoms with E-state index in [0.29, 0.717) is 5.75 Å². The first-order chi connectivity index (χ1) is 10.7. The average molecular weight is 471 g/mol. The van der Waals surface area contributed by atoms with Crippen LogP contribution in [0.5, 0.6) is 0 Å². The van der Waals surface area contributed by atoms with Crippen molar-refractivity contribution in [1.82, 2.24) is 0 Å². The van der Waals surface area contributed by atoms with E-state index in [1.54, 1.807) is 11.8 Å². The van der Waals surface area contributed by atoms with Gasteiger partial charge in [-0.2, -0.15) is 20.5 Å². The predicted octanol–water partition coefficient (Wildman–Crippen LogP) is 3.81. The van der Waals surface area contributed by atoms with Gasteiger partial charge in [-0.3, -0.25) is 4.57 Å². The monoisotopic (exact) mass is 470 g/mol. The Balaban J connectivity index is 0.00000288. The van der Waals surface area contributed by atoms with E-state index in [1.165, 1.54) is 17.7 Å². The zero-order chi connectivity index (χ0) is 17.1. The number of hydrogen-bond acceptors (Lipinski definition) is 2. The number of rotatable bonds is 6. The second-order valence-corrected chi connectivity index (χ2v) is 8.37. The second kappa shape index (κ2) is 11.3. The van der Waals surface area contributed by atoms with Crippen LogP contribution in [0.15, 0.2) is 53.0 Å². The van der Waals surface area contributed by atoms with Gasteiger partial charge >= 0.3 is 72.4 Å². The van der Waals surface area contributed by atoms with E-state index in [4.69, 9.17) is 9.79 Å². The topological polar surface area (TPSA) is 57.5 Å². The molecule has 0 aliphatic heterocycles. The van der Waals surface area contributed by atoms with Crippen molar-refractivity contribution in [2.24, 2.45) is 0 Å². The van der Waals surface area contributed by atoms with Gasteiger partial charge in [0.25, 0.3) is 0 Å². The third-order valence-corrected chi connectivity index (χ3v) is 5.81. The summed E-state index contributed by atoms with van der Waals surface area (Å²) in [6.45, 7) is 0. The van der Waals surface area contributed by atoms with E-state index in [2.05, 4.69) is 15.9 Å². The van der Waals surface area contributed by atoms with Crippen molar-refractivity contribution in [2.45, 2.75) is 17.2 Å². The Bertz CT molecular complexity index is 732. The van der Waals surface area contributed by atoms with Crippen molar-refractivity contribution in [3.63, 3.8) is 0 Å². The van der Waals surface area contributed by atoms with E-state index in [9.17, 15) is 13.3 Å². The summed E-state index contributed by atoms with van der Waals surface area (Å²) in [6, 6.07) is 13.8. The second-order valence-electron chi connectivity index (χ2n) is 4.88. The van der Waals surface area contributed by atoms with Crippen LogP contribution in [0, 0.1) is 0 Å². The van der Waals surface area contributed by atoms with Gasteiger partial charge in [0.05, 0.1) is 0 Å². The van der Waals surface area contributed by atoms with Crippen molar-refractivity contribution >= 4 is 94.4 Å². The van der Waals surface area contributed by atoms with Crippen LogP contribution in [0.1, 0.15) is 16.7 Å². The maximum absolute atomic E-state index is 13.7. The van der Waals surface area contributed by atoms with Crippen LogP contribution in [-0.2, 0) is 21.7 Å². The van der Waals surface area contributed by atoms with E-state index >= 15 is 0 Å². The Morgan fingerprint density at radius 1 is 1.00 bits per heavy atom. The van der Waals surface area contributed by atoms with Crippen LogP contribution in [0.4, 0.5) is 8.78 Å². The number of hydrogen-bond donors (Lipinski definition) is 2. The minimum absolute atomic E-state index is 0. The molecule has 128 valence electrons. The van der Waals surface area contributed by atoms with Crippen molar-refractivity contribution in [3.8, 4) is 0 Å². The first kappa shape index (κ1) is 26.3. The van der Waals surface area contributed by atoms with Crippen molar-refractivity contribution in [2.75, 3.05) is 0 Å². The fourth-order valence-corrected chi connectivity index (χ4v) is 4.19. The van der Waals surface area contributed by atoms with Gasteiger partial charge in [-0.1, -0.05) is 58.4 Å². The molecule has 0 spiro atoms. The molecule has 0 aliphatic rings. The molecule has 10 heteroatoms. The molecule has 2 aromatic rings. The molecule has 3 nitrogen and oxygen atoms in total. The molecule has 2 N–H and O–H groups in total. The van der Waals surface area contributed by atoms with Crippen LogP contribution in [0.25, 0.3) is 0 Å². The van der Waals surface area contributed by atoms with Gasteiger partial charge in [0.15, 0.2) is 0 Å². The minimum atomic E-state index is -5.56. The van der Waals surface area contributed by atoms with Crippen LogP contribution in [-0.4, -0.2) is 68.9 Å². The molecule has 0 heterocycles. The van der Waals surface area contributed by atoms with Crippen molar-refractivity contribution < 1.29 is 23.1 Å². The van der Waals surface area contributed by atoms with Crippen LogP contribution < -0.4 is 0 Å². The van der Waals surface area contributed by atoms with E-state index < -0.39 is 18.8 Å². The quantitative estimate of drug-likeness (QED) is 0.497. The summed E-state index contributed by atoms with van der Waals surface area (Å²) in [7, 11) is -5.56. The molecular weight excluding hydrogens is 455 g/mol. The van der Waals surface area contributed by atoms with Crippen molar-refractivity contribution in [3.05, 3.63) is 69.7 Å². The van der Waals surface area contributed by atoms with Crippen LogP contribution in [0.2, 0.25) is 0 Å². The van der Waals surface area contributed by atoms with Crippen LogP contribution in [0.3, 0.4) is 0 Å². The zero-order valence-electron chi connectivity index (χ0n) is 11.8. The molecule has 0 saturated heterocycles. The zero-order valence-corrected chi connectivity index (χ0v) is 15.1. The molecule has 2 rings (SSSR count). The summed E-state index contributed by atoms with van der Waals surface area (Å²) in [6.07, 6.45) is 0. The molecule has 0 atom stereocenters. The number of thioether (sulfide) groups is 1. The molecule has 0 aromatic heterocycles. The van der Waals surface area contributed by atoms with E-state index in [0.717, 1.165) is 17.4 Å². The van der Waals surface area contributed by atoms with Gasteiger partial charge in [-0.15, -0.1) is 0 Å². The Hall–Kier alpha value is 1.28. The van der Waals surface area contributed by atoms with Crippen molar-refractivity contribution in [1.29, 1.82) is 0 Å². The molecule has 25 heavy (non-hydrogen) atoms. The third-order valence-electron chi connectivity index (χ3n) is 3.10. The molecule has 0 unspecified atom stereocenters. The molecular formula is C15H16BrF2Na2O3PS. The van der Waals surface area contributed by atoms with Crippen LogP contribution >= 0.6 is 35.3 Å².